The van der Waals surface area contributed by atoms with E-state index in [4.69, 9.17) is 0 Å². The highest BCUT2D eigenvalue weighted by atomic mass is 32.2. The maximum atomic E-state index is 13.4. The Morgan fingerprint density at radius 1 is 1.00 bits per heavy atom. The van der Waals surface area contributed by atoms with Gasteiger partial charge in [0, 0.05) is 50.7 Å². The normalized spacial score (nSPS) is 16.8. The van der Waals surface area contributed by atoms with Crippen molar-refractivity contribution in [2.45, 2.75) is 52.5 Å². The lowest BCUT2D eigenvalue weighted by Gasteiger charge is -2.34. The number of rotatable bonds is 7. The van der Waals surface area contributed by atoms with Crippen LogP contribution < -0.4 is 20.5 Å². The third-order valence-electron chi connectivity index (χ3n) is 7.45. The fourth-order valence-corrected chi connectivity index (χ4v) is 6.64. The molecule has 0 radical (unpaired) electrons. The number of piperazine rings is 1. The maximum Gasteiger partial charge on any atom is 0.303 e. The van der Waals surface area contributed by atoms with Crippen molar-refractivity contribution < 1.29 is 18.0 Å². The Morgan fingerprint density at radius 3 is 2.30 bits per heavy atom. The zero-order valence-electron chi connectivity index (χ0n) is 22.7. The molecule has 4 heterocycles. The number of Topliss-reactive ketones (excluding diaryl/α,β-unsaturated/α-hetero) is 1. The first-order valence-corrected chi connectivity index (χ1v) is 14.7. The molecule has 0 bridgehead atoms. The third-order valence-corrected chi connectivity index (χ3v) is 9.04. The van der Waals surface area contributed by atoms with E-state index in [1.807, 2.05) is 15.7 Å². The van der Waals surface area contributed by atoms with Crippen molar-refractivity contribution in [2.75, 3.05) is 36.4 Å². The molecule has 14 heteroatoms. The van der Waals surface area contributed by atoms with Crippen LogP contribution >= 0.6 is 0 Å². The Kier molecular flexibility index (Phi) is 7.55. The quantitative estimate of drug-likeness (QED) is 0.404. The second kappa shape index (κ2) is 10.9. The lowest BCUT2D eigenvalue weighted by atomic mass is 10.0. The van der Waals surface area contributed by atoms with E-state index >= 15 is 0 Å². The summed E-state index contributed by atoms with van der Waals surface area (Å²) in [6, 6.07) is 3.63. The summed E-state index contributed by atoms with van der Waals surface area (Å²) in [6.07, 6.45) is 7.08. The van der Waals surface area contributed by atoms with Crippen LogP contribution in [0.1, 0.15) is 61.5 Å². The van der Waals surface area contributed by atoms with Gasteiger partial charge in [0.1, 0.15) is 11.5 Å². The number of ketones is 1. The van der Waals surface area contributed by atoms with E-state index < -0.39 is 16.1 Å². The highest BCUT2D eigenvalue weighted by molar-refractivity contribution is 7.87. The molecule has 5 rings (SSSR count). The van der Waals surface area contributed by atoms with Gasteiger partial charge in [-0.05, 0) is 44.4 Å². The molecule has 13 nitrogen and oxygen atoms in total. The SMILES string of the molecule is CC(=O)NS(=O)(=O)N1CCN(c2ccc(Nc3ncc4c(C)c(C(C)=O)c(=O)n(C5CCCC5)c4n3)nc2)CC1. The van der Waals surface area contributed by atoms with E-state index in [0.717, 1.165) is 38.3 Å². The van der Waals surface area contributed by atoms with Crippen molar-refractivity contribution in [1.29, 1.82) is 0 Å². The van der Waals surface area contributed by atoms with Crippen molar-refractivity contribution in [2.24, 2.45) is 0 Å². The molecule has 0 aromatic carbocycles. The predicted molar refractivity (Wildman–Crippen MR) is 150 cm³/mol. The molecule has 1 saturated heterocycles. The molecule has 40 heavy (non-hydrogen) atoms. The first-order chi connectivity index (χ1) is 19.0. The molecule has 0 atom stereocenters. The molecular formula is C26H32N8O5S. The predicted octanol–water partition coefficient (Wildman–Crippen LogP) is 2.06. The molecule has 3 aromatic rings. The average Bonchev–Trinajstić information content (AvgIpc) is 3.43. The molecule has 2 N–H and O–H groups in total. The van der Waals surface area contributed by atoms with E-state index in [1.54, 1.807) is 30.0 Å². The summed E-state index contributed by atoms with van der Waals surface area (Å²) in [7, 11) is -3.84. The zero-order valence-corrected chi connectivity index (χ0v) is 23.5. The van der Waals surface area contributed by atoms with Crippen LogP contribution in [0.5, 0.6) is 0 Å². The van der Waals surface area contributed by atoms with Crippen molar-refractivity contribution in [1.82, 2.24) is 28.5 Å². The summed E-state index contributed by atoms with van der Waals surface area (Å²) in [5.41, 5.74) is 1.79. The van der Waals surface area contributed by atoms with Crippen molar-refractivity contribution in [3.05, 3.63) is 46.0 Å². The van der Waals surface area contributed by atoms with Gasteiger partial charge in [-0.15, -0.1) is 0 Å². The van der Waals surface area contributed by atoms with Crippen LogP contribution in [0.25, 0.3) is 11.0 Å². The van der Waals surface area contributed by atoms with Gasteiger partial charge in [0.15, 0.2) is 5.78 Å². The number of carbonyl (C=O) groups excluding carboxylic acids is 2. The van der Waals surface area contributed by atoms with Gasteiger partial charge < -0.3 is 10.2 Å². The molecule has 0 spiro atoms. The highest BCUT2D eigenvalue weighted by Gasteiger charge is 2.28. The highest BCUT2D eigenvalue weighted by Crippen LogP contribution is 2.32. The molecule has 2 aliphatic rings. The molecule has 212 valence electrons. The van der Waals surface area contributed by atoms with Gasteiger partial charge in [-0.2, -0.15) is 17.7 Å². The van der Waals surface area contributed by atoms with Gasteiger partial charge in [0.2, 0.25) is 11.9 Å². The topological polar surface area (TPSA) is 159 Å². The summed E-state index contributed by atoms with van der Waals surface area (Å²) >= 11 is 0. The molecule has 1 saturated carbocycles. The lowest BCUT2D eigenvalue weighted by Crippen LogP contribution is -2.52. The fourth-order valence-electron chi connectivity index (χ4n) is 5.50. The molecule has 1 amide bonds. The number of aryl methyl sites for hydroxylation is 1. The minimum absolute atomic E-state index is 0.0115. The largest absolute Gasteiger partial charge is 0.368 e. The number of pyridine rings is 2. The van der Waals surface area contributed by atoms with Gasteiger partial charge in [0.25, 0.3) is 5.56 Å². The Labute approximate surface area is 231 Å². The number of carbonyl (C=O) groups is 2. The summed E-state index contributed by atoms with van der Waals surface area (Å²) in [6.45, 7) is 5.70. The van der Waals surface area contributed by atoms with Crippen LogP contribution in [0, 0.1) is 6.92 Å². The Hall–Kier alpha value is -3.91. The molecular weight excluding hydrogens is 536 g/mol. The minimum Gasteiger partial charge on any atom is -0.368 e. The second-order valence-corrected chi connectivity index (χ2v) is 11.8. The first-order valence-electron chi connectivity index (χ1n) is 13.2. The van der Waals surface area contributed by atoms with Gasteiger partial charge >= 0.3 is 10.2 Å². The Balaban J connectivity index is 1.35. The monoisotopic (exact) mass is 568 g/mol. The number of fused-ring (bicyclic) bond motifs is 1. The summed E-state index contributed by atoms with van der Waals surface area (Å²) in [4.78, 5) is 52.5. The maximum absolute atomic E-state index is 13.4. The van der Waals surface area contributed by atoms with Gasteiger partial charge in [0.05, 0.1) is 17.4 Å². The Bertz CT molecular complexity index is 1620. The van der Waals surface area contributed by atoms with Crippen LogP contribution in [-0.2, 0) is 15.0 Å². The van der Waals surface area contributed by atoms with Crippen LogP contribution in [0.2, 0.25) is 0 Å². The number of aromatic nitrogens is 4. The van der Waals surface area contributed by atoms with E-state index in [9.17, 15) is 22.8 Å². The number of hydrogen-bond acceptors (Lipinski definition) is 10. The second-order valence-electron chi connectivity index (χ2n) is 10.2. The van der Waals surface area contributed by atoms with E-state index in [1.165, 1.54) is 11.2 Å². The number of anilines is 3. The van der Waals surface area contributed by atoms with Crippen LogP contribution in [0.15, 0.2) is 29.3 Å². The zero-order chi connectivity index (χ0) is 28.6. The smallest absolute Gasteiger partial charge is 0.303 e. The van der Waals surface area contributed by atoms with E-state index in [0.29, 0.717) is 35.5 Å². The van der Waals surface area contributed by atoms with Crippen LogP contribution in [0.4, 0.5) is 17.5 Å². The van der Waals surface area contributed by atoms with Crippen molar-refractivity contribution >= 4 is 50.4 Å². The molecule has 3 aromatic heterocycles. The van der Waals surface area contributed by atoms with Crippen LogP contribution in [0.3, 0.4) is 0 Å². The summed E-state index contributed by atoms with van der Waals surface area (Å²) in [5.74, 6) is -0.103. The Morgan fingerprint density at radius 2 is 1.70 bits per heavy atom. The third kappa shape index (κ3) is 5.41. The number of nitrogens with zero attached hydrogens (tertiary/aromatic N) is 6. The first kappa shape index (κ1) is 27.6. The van der Waals surface area contributed by atoms with E-state index in [-0.39, 0.29) is 42.0 Å². The van der Waals surface area contributed by atoms with Crippen LogP contribution in [-0.4, -0.2) is 70.1 Å². The van der Waals surface area contributed by atoms with Gasteiger partial charge in [-0.1, -0.05) is 12.8 Å². The fraction of sp³-hybridized carbons (Fsp3) is 0.462. The number of hydrogen-bond donors (Lipinski definition) is 2. The number of amides is 1. The van der Waals surface area contributed by atoms with Gasteiger partial charge in [-0.25, -0.2) is 14.7 Å². The van der Waals surface area contributed by atoms with Gasteiger partial charge in [-0.3, -0.25) is 19.0 Å². The van der Waals surface area contributed by atoms with Crippen molar-refractivity contribution in [3.8, 4) is 0 Å². The minimum atomic E-state index is -3.84. The molecule has 2 fully saturated rings. The number of nitrogens with one attached hydrogen (secondary N) is 2. The molecule has 1 aliphatic heterocycles. The standard InChI is InChI=1S/C26H32N8O5S/c1-16-21-15-28-26(30-24(21)34(19-6-4-5-7-19)25(37)23(16)17(2)35)29-22-9-8-20(14-27-22)32-10-12-33(13-11-32)40(38,39)31-18(3)36/h8-9,14-15,19H,4-7,10-13H2,1-3H3,(H,31,36)(H,27,28,29,30). The van der Waals surface area contributed by atoms with Crippen molar-refractivity contribution in [3.63, 3.8) is 0 Å². The average molecular weight is 569 g/mol. The summed E-state index contributed by atoms with van der Waals surface area (Å²) < 4.78 is 29.4. The molecule has 0 unspecified atom stereocenters. The summed E-state index contributed by atoms with van der Waals surface area (Å²) in [5, 5.41) is 3.78. The molecule has 1 aliphatic carbocycles. The van der Waals surface area contributed by atoms with E-state index in [2.05, 4.69) is 20.3 Å². The lowest BCUT2D eigenvalue weighted by molar-refractivity contribution is -0.117.